The van der Waals surface area contributed by atoms with Gasteiger partial charge in [-0.25, -0.2) is 4.98 Å². The summed E-state index contributed by atoms with van der Waals surface area (Å²) in [6.07, 6.45) is 8.41. The summed E-state index contributed by atoms with van der Waals surface area (Å²) >= 11 is 6.12. The summed E-state index contributed by atoms with van der Waals surface area (Å²) in [7, 11) is 2.30. The van der Waals surface area contributed by atoms with E-state index < -0.39 is 0 Å². The van der Waals surface area contributed by atoms with Gasteiger partial charge in [0.05, 0.1) is 0 Å². The number of rotatable bonds is 3. The molecule has 29 heavy (non-hydrogen) atoms. The molecule has 0 N–H and O–H groups in total. The van der Waals surface area contributed by atoms with E-state index in [0.29, 0.717) is 28.4 Å². The van der Waals surface area contributed by atoms with Crippen molar-refractivity contribution in [2.75, 3.05) is 13.6 Å². The molecule has 1 spiro atoms. The third-order valence-corrected chi connectivity index (χ3v) is 8.18. The van der Waals surface area contributed by atoms with Crippen molar-refractivity contribution in [1.82, 2.24) is 14.9 Å². The molecule has 4 aliphatic rings. The van der Waals surface area contributed by atoms with Crippen LogP contribution in [0.15, 0.2) is 73.2 Å². The lowest BCUT2D eigenvalue weighted by Crippen LogP contribution is -2.47. The van der Waals surface area contributed by atoms with Crippen LogP contribution in [-0.4, -0.2) is 28.5 Å². The van der Waals surface area contributed by atoms with Crippen LogP contribution < -0.4 is 0 Å². The average molecular weight is 402 g/mol. The van der Waals surface area contributed by atoms with Crippen LogP contribution in [0.1, 0.15) is 41.5 Å². The standard InChI is InChI=1S/C25H24ClN3/c1-29-14-20-22(18-9-10-21(26)28-12-18)24(19-8-5-11-27-13-19)15-25(20,16-24)23(29)17-6-3-2-4-7-17/h2-13,20,22-23H,14-16H2,1H3/t20-,22?,23-,24?,25?/m1/s1. The minimum atomic E-state index is 0.155. The Morgan fingerprint density at radius 2 is 1.79 bits per heavy atom. The van der Waals surface area contributed by atoms with Gasteiger partial charge in [-0.3, -0.25) is 9.88 Å². The molecule has 3 nitrogen and oxygen atoms in total. The summed E-state index contributed by atoms with van der Waals surface area (Å²) < 4.78 is 0. The molecule has 3 saturated carbocycles. The van der Waals surface area contributed by atoms with E-state index in [1.165, 1.54) is 29.5 Å². The maximum absolute atomic E-state index is 6.12. The summed E-state index contributed by atoms with van der Waals surface area (Å²) in [4.78, 5) is 11.5. The van der Waals surface area contributed by atoms with Crippen molar-refractivity contribution in [2.24, 2.45) is 11.3 Å². The Bertz CT molecular complexity index is 1030. The molecule has 4 heteroatoms. The average Bonchev–Trinajstić information content (AvgIpc) is 3.27. The van der Waals surface area contributed by atoms with Gasteiger partial charge in [0.25, 0.3) is 0 Å². The Hall–Kier alpha value is -2.23. The Morgan fingerprint density at radius 1 is 0.966 bits per heavy atom. The van der Waals surface area contributed by atoms with Crippen molar-refractivity contribution in [2.45, 2.75) is 30.2 Å². The summed E-state index contributed by atoms with van der Waals surface area (Å²) in [5, 5.41) is 0.565. The fraction of sp³-hybridized carbons (Fsp3) is 0.360. The van der Waals surface area contributed by atoms with Gasteiger partial charge in [0.15, 0.2) is 0 Å². The Labute approximate surface area is 176 Å². The van der Waals surface area contributed by atoms with Gasteiger partial charge in [-0.15, -0.1) is 0 Å². The predicted octanol–water partition coefficient (Wildman–Crippen LogP) is 5.25. The van der Waals surface area contributed by atoms with Crippen LogP contribution in [0.4, 0.5) is 0 Å². The molecule has 1 unspecified atom stereocenters. The topological polar surface area (TPSA) is 29.0 Å². The highest BCUT2D eigenvalue weighted by molar-refractivity contribution is 6.29. The van der Waals surface area contributed by atoms with Gasteiger partial charge in [-0.05, 0) is 66.0 Å². The molecule has 3 atom stereocenters. The zero-order valence-corrected chi connectivity index (χ0v) is 17.3. The van der Waals surface area contributed by atoms with Gasteiger partial charge in [-0.1, -0.05) is 54.1 Å². The summed E-state index contributed by atoms with van der Waals surface area (Å²) in [5.41, 5.74) is 4.63. The number of likely N-dealkylation sites (tertiary alicyclic amines) is 1. The lowest BCUT2D eigenvalue weighted by Gasteiger charge is -2.52. The lowest BCUT2D eigenvalue weighted by atomic mass is 9.53. The zero-order valence-electron chi connectivity index (χ0n) is 16.5. The van der Waals surface area contributed by atoms with Crippen molar-refractivity contribution in [3.63, 3.8) is 0 Å². The Kier molecular flexibility index (Phi) is 3.73. The molecular weight excluding hydrogens is 378 g/mol. The smallest absolute Gasteiger partial charge is 0.129 e. The number of nitrogens with zero attached hydrogens (tertiary/aromatic N) is 3. The van der Waals surface area contributed by atoms with Crippen molar-refractivity contribution >= 4 is 11.6 Å². The lowest BCUT2D eigenvalue weighted by molar-refractivity contribution is 0.0397. The highest BCUT2D eigenvalue weighted by Gasteiger charge is 2.77. The first-order valence-electron chi connectivity index (χ1n) is 10.4. The normalized spacial score (nSPS) is 35.3. The predicted molar refractivity (Wildman–Crippen MR) is 115 cm³/mol. The number of pyridine rings is 2. The third-order valence-electron chi connectivity index (χ3n) is 7.96. The highest BCUT2D eigenvalue weighted by Crippen LogP contribution is 2.81. The fourth-order valence-corrected chi connectivity index (χ4v) is 7.36. The van der Waals surface area contributed by atoms with Gasteiger partial charge < -0.3 is 0 Å². The van der Waals surface area contributed by atoms with E-state index in [1.54, 1.807) is 0 Å². The van der Waals surface area contributed by atoms with Gasteiger partial charge in [0, 0.05) is 36.6 Å². The second kappa shape index (κ2) is 6.13. The van der Waals surface area contributed by atoms with E-state index in [-0.39, 0.29) is 5.41 Å². The molecule has 2 aromatic heterocycles. The van der Waals surface area contributed by atoms with E-state index in [4.69, 9.17) is 11.6 Å². The molecule has 3 aliphatic carbocycles. The van der Waals surface area contributed by atoms with Crippen LogP contribution in [-0.2, 0) is 5.41 Å². The third kappa shape index (κ3) is 2.29. The molecule has 0 radical (unpaired) electrons. The second-order valence-electron chi connectivity index (χ2n) is 9.24. The largest absolute Gasteiger partial charge is 0.298 e. The maximum atomic E-state index is 6.12. The van der Waals surface area contributed by atoms with E-state index in [1.807, 2.05) is 18.5 Å². The first-order valence-corrected chi connectivity index (χ1v) is 10.8. The molecule has 0 amide bonds. The van der Waals surface area contributed by atoms with Gasteiger partial charge >= 0.3 is 0 Å². The molecule has 2 bridgehead atoms. The summed E-state index contributed by atoms with van der Waals surface area (Å²) in [6, 6.07) is 20.1. The van der Waals surface area contributed by atoms with Crippen molar-refractivity contribution in [3.05, 3.63) is 95.0 Å². The molecule has 146 valence electrons. The van der Waals surface area contributed by atoms with Gasteiger partial charge in [0.1, 0.15) is 5.15 Å². The molecule has 3 aromatic rings. The molecule has 1 aliphatic heterocycles. The molecule has 1 saturated heterocycles. The van der Waals surface area contributed by atoms with E-state index >= 15 is 0 Å². The summed E-state index contributed by atoms with van der Waals surface area (Å²) in [6.45, 7) is 1.12. The highest BCUT2D eigenvalue weighted by atomic mass is 35.5. The number of halogens is 1. The SMILES string of the molecule is CN1C[C@@H]2C(c3ccc(Cl)nc3)C3(c4cccnc4)CC2(C3)[C@H]1c1ccccc1. The monoisotopic (exact) mass is 401 g/mol. The number of hydrogen-bond donors (Lipinski definition) is 0. The van der Waals surface area contributed by atoms with Crippen molar-refractivity contribution in [3.8, 4) is 0 Å². The quantitative estimate of drug-likeness (QED) is 0.561. The second-order valence-corrected chi connectivity index (χ2v) is 9.62. The van der Waals surface area contributed by atoms with Crippen LogP contribution >= 0.6 is 11.6 Å². The van der Waals surface area contributed by atoms with Crippen LogP contribution in [0.2, 0.25) is 5.15 Å². The molecule has 7 rings (SSSR count). The van der Waals surface area contributed by atoms with Crippen molar-refractivity contribution in [1.29, 1.82) is 0 Å². The van der Waals surface area contributed by atoms with Crippen LogP contribution in [0.5, 0.6) is 0 Å². The van der Waals surface area contributed by atoms with Gasteiger partial charge in [0.2, 0.25) is 0 Å². The molecular formula is C25H24ClN3. The Balaban J connectivity index is 1.50. The number of hydrogen-bond acceptors (Lipinski definition) is 3. The van der Waals surface area contributed by atoms with Crippen LogP contribution in [0.3, 0.4) is 0 Å². The first-order chi connectivity index (χ1) is 14.1. The van der Waals surface area contributed by atoms with Gasteiger partial charge in [-0.2, -0.15) is 0 Å². The maximum Gasteiger partial charge on any atom is 0.129 e. The molecule has 4 fully saturated rings. The minimum Gasteiger partial charge on any atom is -0.298 e. The molecule has 3 heterocycles. The molecule has 1 aromatic carbocycles. The van der Waals surface area contributed by atoms with E-state index in [2.05, 4.69) is 76.6 Å². The zero-order chi connectivity index (χ0) is 19.6. The summed E-state index contributed by atoms with van der Waals surface area (Å²) in [5.74, 6) is 1.06. The minimum absolute atomic E-state index is 0.155. The Morgan fingerprint density at radius 3 is 2.48 bits per heavy atom. The first kappa shape index (κ1) is 17.6. The number of aromatic nitrogens is 2. The number of benzene rings is 1. The van der Waals surface area contributed by atoms with Crippen LogP contribution in [0, 0.1) is 11.3 Å². The van der Waals surface area contributed by atoms with E-state index in [0.717, 1.165) is 6.54 Å². The van der Waals surface area contributed by atoms with Crippen molar-refractivity contribution < 1.29 is 0 Å². The fourth-order valence-electron chi connectivity index (χ4n) is 7.25. The van der Waals surface area contributed by atoms with Crippen LogP contribution in [0.25, 0.3) is 0 Å². The van der Waals surface area contributed by atoms with E-state index in [9.17, 15) is 0 Å².